The number of rotatable bonds is 13. The van der Waals surface area contributed by atoms with Crippen LogP contribution in [-0.2, 0) is 14.3 Å². The first-order valence-corrected chi connectivity index (χ1v) is 11.5. The van der Waals surface area contributed by atoms with Crippen LogP contribution in [0, 0.1) is 5.41 Å². The molecule has 2 aromatic carbocycles. The van der Waals surface area contributed by atoms with Crippen LogP contribution >= 0.6 is 0 Å². The topological polar surface area (TPSA) is 52.6 Å². The van der Waals surface area contributed by atoms with E-state index in [1.165, 1.54) is 25.7 Å². The minimum absolute atomic E-state index is 0.353. The van der Waals surface area contributed by atoms with Crippen molar-refractivity contribution in [2.24, 2.45) is 5.41 Å². The molecule has 4 heteroatoms. The molecular formula is C26H36O4. The van der Waals surface area contributed by atoms with Crippen molar-refractivity contribution in [3.05, 3.63) is 42.5 Å². The predicted octanol–water partition coefficient (Wildman–Crippen LogP) is 6.85. The average molecular weight is 413 g/mol. The van der Waals surface area contributed by atoms with Gasteiger partial charge in [0.25, 0.3) is 0 Å². The molecule has 0 spiro atoms. The van der Waals surface area contributed by atoms with Crippen LogP contribution in [0.3, 0.4) is 0 Å². The second-order valence-corrected chi connectivity index (χ2v) is 7.94. The van der Waals surface area contributed by atoms with Gasteiger partial charge in [0.2, 0.25) is 0 Å². The highest BCUT2D eigenvalue weighted by Gasteiger charge is 2.46. The molecule has 0 saturated heterocycles. The number of unbranched alkanes of at least 4 members (excludes halogenated alkanes) is 6. The summed E-state index contributed by atoms with van der Waals surface area (Å²) in [7, 11) is 0. The highest BCUT2D eigenvalue weighted by molar-refractivity contribution is 6.01. The zero-order valence-corrected chi connectivity index (χ0v) is 18.7. The summed E-state index contributed by atoms with van der Waals surface area (Å²) < 4.78 is 11.1. The number of benzene rings is 2. The summed E-state index contributed by atoms with van der Waals surface area (Å²) >= 11 is 0. The number of carbonyl (C=O) groups is 2. The zero-order valence-electron chi connectivity index (χ0n) is 18.7. The first kappa shape index (κ1) is 23.9. The summed E-state index contributed by atoms with van der Waals surface area (Å²) in [5.74, 6) is -0.554. The minimum Gasteiger partial charge on any atom is -0.465 e. The summed E-state index contributed by atoms with van der Waals surface area (Å²) in [5.41, 5.74) is -1.26. The lowest BCUT2D eigenvalue weighted by Gasteiger charge is -2.26. The minimum atomic E-state index is -1.26. The van der Waals surface area contributed by atoms with Crippen LogP contribution in [-0.4, -0.2) is 18.5 Å². The monoisotopic (exact) mass is 412 g/mol. The number of esters is 2. The number of hydrogen-bond donors (Lipinski definition) is 0. The Morgan fingerprint density at radius 3 is 2.07 bits per heavy atom. The van der Waals surface area contributed by atoms with Gasteiger partial charge in [-0.3, -0.25) is 9.59 Å². The molecule has 0 atom stereocenters. The molecule has 0 fully saturated rings. The van der Waals surface area contributed by atoms with E-state index in [4.69, 9.17) is 9.47 Å². The van der Waals surface area contributed by atoms with Gasteiger partial charge < -0.3 is 9.47 Å². The van der Waals surface area contributed by atoms with Crippen molar-refractivity contribution < 1.29 is 19.1 Å². The van der Waals surface area contributed by atoms with Gasteiger partial charge >= 0.3 is 11.9 Å². The van der Waals surface area contributed by atoms with Crippen LogP contribution in [0.1, 0.15) is 78.6 Å². The van der Waals surface area contributed by atoms with Gasteiger partial charge in [0, 0.05) is 0 Å². The maximum absolute atomic E-state index is 13.0. The fourth-order valence-electron chi connectivity index (χ4n) is 3.71. The lowest BCUT2D eigenvalue weighted by molar-refractivity contribution is -0.168. The Hall–Kier alpha value is -2.36. The van der Waals surface area contributed by atoms with Gasteiger partial charge in [-0.25, -0.2) is 0 Å². The first-order valence-electron chi connectivity index (χ1n) is 11.5. The largest absolute Gasteiger partial charge is 0.465 e. The standard InChI is InChI=1S/C26H36O4/c1-4-7-8-9-10-11-14-19-29-24(27)26(5-2,6-3)25(28)30-23-18-17-21-15-12-13-16-22(21)20-23/h12-13,15-18,20H,4-11,14,19H2,1-3H3. The predicted molar refractivity (Wildman–Crippen MR) is 122 cm³/mol. The van der Waals surface area contributed by atoms with E-state index >= 15 is 0 Å². The van der Waals surface area contributed by atoms with Gasteiger partial charge in [-0.2, -0.15) is 0 Å². The Balaban J connectivity index is 1.92. The molecule has 30 heavy (non-hydrogen) atoms. The zero-order chi connectivity index (χ0) is 21.8. The van der Waals surface area contributed by atoms with E-state index in [1.54, 1.807) is 6.07 Å². The number of fused-ring (bicyclic) bond motifs is 1. The molecular weight excluding hydrogens is 376 g/mol. The van der Waals surface area contributed by atoms with E-state index in [1.807, 2.05) is 50.2 Å². The molecule has 0 N–H and O–H groups in total. The molecule has 0 bridgehead atoms. The fraction of sp³-hybridized carbons (Fsp3) is 0.538. The lowest BCUT2D eigenvalue weighted by Crippen LogP contribution is -2.42. The van der Waals surface area contributed by atoms with Gasteiger partial charge in [-0.05, 0) is 42.2 Å². The third kappa shape index (κ3) is 6.32. The van der Waals surface area contributed by atoms with E-state index in [2.05, 4.69) is 6.92 Å². The van der Waals surface area contributed by atoms with Crippen molar-refractivity contribution in [2.75, 3.05) is 6.61 Å². The maximum Gasteiger partial charge on any atom is 0.328 e. The van der Waals surface area contributed by atoms with Crippen molar-refractivity contribution in [1.29, 1.82) is 0 Å². The molecule has 0 saturated carbocycles. The van der Waals surface area contributed by atoms with Gasteiger partial charge in [-0.15, -0.1) is 0 Å². The van der Waals surface area contributed by atoms with Crippen LogP contribution in [0.15, 0.2) is 42.5 Å². The van der Waals surface area contributed by atoms with Crippen LogP contribution in [0.2, 0.25) is 0 Å². The molecule has 0 radical (unpaired) electrons. The van der Waals surface area contributed by atoms with Crippen LogP contribution in [0.5, 0.6) is 5.75 Å². The molecule has 0 heterocycles. The molecule has 0 aliphatic heterocycles. The van der Waals surface area contributed by atoms with Crippen molar-refractivity contribution in [1.82, 2.24) is 0 Å². The second-order valence-electron chi connectivity index (χ2n) is 7.94. The van der Waals surface area contributed by atoms with E-state index < -0.39 is 17.4 Å². The summed E-state index contributed by atoms with van der Waals surface area (Å²) in [6, 6.07) is 13.4. The third-order valence-electron chi connectivity index (χ3n) is 5.90. The fourth-order valence-corrected chi connectivity index (χ4v) is 3.71. The van der Waals surface area contributed by atoms with Crippen molar-refractivity contribution in [3.8, 4) is 5.75 Å². The first-order chi connectivity index (χ1) is 14.6. The molecule has 0 unspecified atom stereocenters. The molecule has 0 amide bonds. The molecule has 0 aliphatic rings. The normalized spacial score (nSPS) is 11.4. The van der Waals surface area contributed by atoms with Crippen LogP contribution < -0.4 is 4.74 Å². The second kappa shape index (κ2) is 12.4. The van der Waals surface area contributed by atoms with Gasteiger partial charge in [-0.1, -0.05) is 89.6 Å². The molecule has 4 nitrogen and oxygen atoms in total. The summed E-state index contributed by atoms with van der Waals surface area (Å²) in [5, 5.41) is 2.06. The van der Waals surface area contributed by atoms with E-state index in [9.17, 15) is 9.59 Å². The molecule has 0 aliphatic carbocycles. The van der Waals surface area contributed by atoms with Crippen LogP contribution in [0.25, 0.3) is 10.8 Å². The number of hydrogen-bond acceptors (Lipinski definition) is 4. The van der Waals surface area contributed by atoms with Crippen molar-refractivity contribution >= 4 is 22.7 Å². The number of ether oxygens (including phenoxy) is 2. The Labute approximate surface area is 181 Å². The molecule has 2 rings (SSSR count). The quantitative estimate of drug-likeness (QED) is 0.156. The van der Waals surface area contributed by atoms with Gasteiger partial charge in [0.05, 0.1) is 6.61 Å². The van der Waals surface area contributed by atoms with Crippen molar-refractivity contribution in [2.45, 2.75) is 78.6 Å². The van der Waals surface area contributed by atoms with Gasteiger partial charge in [0.15, 0.2) is 5.41 Å². The summed E-state index contributed by atoms with van der Waals surface area (Å²) in [6.45, 7) is 6.23. The molecule has 164 valence electrons. The third-order valence-corrected chi connectivity index (χ3v) is 5.90. The van der Waals surface area contributed by atoms with E-state index in [0.717, 1.165) is 30.0 Å². The molecule has 0 aromatic heterocycles. The molecule has 2 aromatic rings. The maximum atomic E-state index is 13.0. The Kier molecular flexibility index (Phi) is 9.85. The van der Waals surface area contributed by atoms with Crippen LogP contribution in [0.4, 0.5) is 0 Å². The van der Waals surface area contributed by atoms with Crippen molar-refractivity contribution in [3.63, 3.8) is 0 Å². The Morgan fingerprint density at radius 2 is 1.40 bits per heavy atom. The highest BCUT2D eigenvalue weighted by atomic mass is 16.6. The highest BCUT2D eigenvalue weighted by Crippen LogP contribution is 2.32. The Morgan fingerprint density at radius 1 is 0.767 bits per heavy atom. The SMILES string of the molecule is CCCCCCCCCOC(=O)C(CC)(CC)C(=O)Oc1ccc2ccccc2c1. The average Bonchev–Trinajstić information content (AvgIpc) is 2.76. The van der Waals surface area contributed by atoms with E-state index in [-0.39, 0.29) is 0 Å². The summed E-state index contributed by atoms with van der Waals surface area (Å²) in [4.78, 5) is 25.8. The summed E-state index contributed by atoms with van der Waals surface area (Å²) in [6.07, 6.45) is 8.77. The smallest absolute Gasteiger partial charge is 0.328 e. The number of carbonyl (C=O) groups excluding carboxylic acids is 2. The van der Waals surface area contributed by atoms with Gasteiger partial charge in [0.1, 0.15) is 5.75 Å². The lowest BCUT2D eigenvalue weighted by atomic mass is 9.82. The Bertz CT molecular complexity index is 808. The van der Waals surface area contributed by atoms with E-state index in [0.29, 0.717) is 25.2 Å².